The number of hydrogen-bond acceptors (Lipinski definition) is 3. The molecule has 0 radical (unpaired) electrons. The zero-order chi connectivity index (χ0) is 11.7. The van der Waals surface area contributed by atoms with Crippen molar-refractivity contribution in [1.29, 1.82) is 0 Å². The quantitative estimate of drug-likeness (QED) is 0.854. The first-order chi connectivity index (χ1) is 8.33. The second kappa shape index (κ2) is 3.94. The van der Waals surface area contributed by atoms with Gasteiger partial charge in [-0.2, -0.15) is 0 Å². The first-order valence-electron chi connectivity index (χ1n) is 5.41. The summed E-state index contributed by atoms with van der Waals surface area (Å²) >= 11 is 0. The van der Waals surface area contributed by atoms with Crippen LogP contribution in [-0.2, 0) is 0 Å². The summed E-state index contributed by atoms with van der Waals surface area (Å²) in [5.41, 5.74) is 3.01. The fourth-order valence-corrected chi connectivity index (χ4v) is 1.84. The molecule has 0 saturated carbocycles. The van der Waals surface area contributed by atoms with Crippen molar-refractivity contribution < 1.29 is 9.52 Å². The Labute approximate surface area is 98.7 Å². The Morgan fingerprint density at radius 1 is 1.12 bits per heavy atom. The fourth-order valence-electron chi connectivity index (χ4n) is 1.84. The van der Waals surface area contributed by atoms with Gasteiger partial charge in [-0.15, -0.1) is 0 Å². The highest BCUT2D eigenvalue weighted by Crippen LogP contribution is 2.22. The summed E-state index contributed by atoms with van der Waals surface area (Å²) < 4.78 is 5.34. The highest BCUT2D eigenvalue weighted by molar-refractivity contribution is 6.14. The Morgan fingerprint density at radius 2 is 1.94 bits per heavy atom. The SMILES string of the molecule is Oc1ccc(C2=NCC(c3ccco3)=C2)cc1. The molecule has 0 bridgehead atoms. The lowest BCUT2D eigenvalue weighted by molar-refractivity contribution is 0.475. The summed E-state index contributed by atoms with van der Waals surface area (Å²) in [6, 6.07) is 10.8. The van der Waals surface area contributed by atoms with Crippen molar-refractivity contribution in [2.75, 3.05) is 6.54 Å². The van der Waals surface area contributed by atoms with E-state index >= 15 is 0 Å². The van der Waals surface area contributed by atoms with Crippen LogP contribution in [0.25, 0.3) is 5.57 Å². The van der Waals surface area contributed by atoms with Crippen LogP contribution in [0.4, 0.5) is 0 Å². The van der Waals surface area contributed by atoms with Crippen LogP contribution in [0.15, 0.2) is 58.1 Å². The number of benzene rings is 1. The average Bonchev–Trinajstić information content (AvgIpc) is 3.00. The minimum absolute atomic E-state index is 0.266. The zero-order valence-corrected chi connectivity index (χ0v) is 9.13. The van der Waals surface area contributed by atoms with Crippen molar-refractivity contribution in [3.05, 3.63) is 60.1 Å². The van der Waals surface area contributed by atoms with Crippen LogP contribution in [0.5, 0.6) is 5.75 Å². The normalized spacial score (nSPS) is 14.6. The lowest BCUT2D eigenvalue weighted by Crippen LogP contribution is -1.92. The van der Waals surface area contributed by atoms with Crippen LogP contribution >= 0.6 is 0 Å². The number of rotatable bonds is 2. The number of aliphatic imine (C=N–C) groups is 1. The van der Waals surface area contributed by atoms with Crippen molar-refractivity contribution in [3.8, 4) is 5.75 Å². The van der Waals surface area contributed by atoms with Crippen LogP contribution < -0.4 is 0 Å². The molecule has 0 unspecified atom stereocenters. The van der Waals surface area contributed by atoms with Gasteiger partial charge >= 0.3 is 0 Å². The molecule has 1 aliphatic rings. The summed E-state index contributed by atoms with van der Waals surface area (Å²) in [5, 5.41) is 9.23. The Bertz CT molecular complexity index is 577. The lowest BCUT2D eigenvalue weighted by Gasteiger charge is -1.97. The molecule has 17 heavy (non-hydrogen) atoms. The second-order valence-corrected chi connectivity index (χ2v) is 3.90. The third-order valence-corrected chi connectivity index (χ3v) is 2.73. The molecule has 0 spiro atoms. The Morgan fingerprint density at radius 3 is 2.65 bits per heavy atom. The van der Waals surface area contributed by atoms with Gasteiger partial charge in [0.05, 0.1) is 18.5 Å². The average molecular weight is 225 g/mol. The number of furan rings is 1. The molecule has 1 N–H and O–H groups in total. The van der Waals surface area contributed by atoms with Gasteiger partial charge in [-0.25, -0.2) is 0 Å². The largest absolute Gasteiger partial charge is 0.508 e. The maximum Gasteiger partial charge on any atom is 0.131 e. The summed E-state index contributed by atoms with van der Waals surface area (Å²) in [6.07, 6.45) is 3.68. The van der Waals surface area contributed by atoms with E-state index in [4.69, 9.17) is 4.42 Å². The van der Waals surface area contributed by atoms with Gasteiger partial charge < -0.3 is 9.52 Å². The summed E-state index contributed by atoms with van der Waals surface area (Å²) in [4.78, 5) is 4.46. The Hall–Kier alpha value is -2.29. The molecule has 0 fully saturated rings. The Kier molecular flexibility index (Phi) is 2.29. The third-order valence-electron chi connectivity index (χ3n) is 2.73. The first-order valence-corrected chi connectivity index (χ1v) is 5.41. The van der Waals surface area contributed by atoms with Crippen LogP contribution in [0.1, 0.15) is 11.3 Å². The number of nitrogens with zero attached hydrogens (tertiary/aromatic N) is 1. The molecule has 3 rings (SSSR count). The van der Waals surface area contributed by atoms with E-state index in [0.29, 0.717) is 6.54 Å². The van der Waals surface area contributed by atoms with Crippen LogP contribution in [0.2, 0.25) is 0 Å². The topological polar surface area (TPSA) is 45.7 Å². The highest BCUT2D eigenvalue weighted by Gasteiger charge is 2.13. The molecular formula is C14H11NO2. The van der Waals surface area contributed by atoms with Crippen LogP contribution in [0.3, 0.4) is 0 Å². The second-order valence-electron chi connectivity index (χ2n) is 3.90. The van der Waals surface area contributed by atoms with Gasteiger partial charge in [-0.3, -0.25) is 4.99 Å². The lowest BCUT2D eigenvalue weighted by atomic mass is 10.1. The van der Waals surface area contributed by atoms with Gasteiger partial charge in [-0.05, 0) is 48.0 Å². The minimum Gasteiger partial charge on any atom is -0.508 e. The van der Waals surface area contributed by atoms with Gasteiger partial charge in [0.25, 0.3) is 0 Å². The van der Waals surface area contributed by atoms with Crippen molar-refractivity contribution in [2.45, 2.75) is 0 Å². The molecule has 1 aromatic carbocycles. The fraction of sp³-hybridized carbons (Fsp3) is 0.0714. The molecule has 1 aromatic heterocycles. The Balaban J connectivity index is 1.89. The van der Waals surface area contributed by atoms with E-state index in [9.17, 15) is 5.11 Å². The maximum atomic E-state index is 9.23. The smallest absolute Gasteiger partial charge is 0.131 e. The zero-order valence-electron chi connectivity index (χ0n) is 9.13. The first kappa shape index (κ1) is 9.90. The molecule has 3 nitrogen and oxygen atoms in total. The number of phenolic OH excluding ortho intramolecular Hbond substituents is 1. The highest BCUT2D eigenvalue weighted by atomic mass is 16.3. The maximum absolute atomic E-state index is 9.23. The molecule has 0 atom stereocenters. The van der Waals surface area contributed by atoms with Gasteiger partial charge in [-0.1, -0.05) is 0 Å². The number of hydrogen-bond donors (Lipinski definition) is 1. The van der Waals surface area contributed by atoms with Gasteiger partial charge in [0.1, 0.15) is 11.5 Å². The molecule has 0 amide bonds. The van der Waals surface area contributed by atoms with E-state index in [2.05, 4.69) is 4.99 Å². The molecule has 2 heterocycles. The van der Waals surface area contributed by atoms with Crippen molar-refractivity contribution in [2.24, 2.45) is 4.99 Å². The standard InChI is InChI=1S/C14H11NO2/c16-12-5-3-10(4-6-12)13-8-11(9-15-13)14-2-1-7-17-14/h1-8,16H,9H2. The van der Waals surface area contributed by atoms with E-state index in [1.54, 1.807) is 18.4 Å². The van der Waals surface area contributed by atoms with Crippen molar-refractivity contribution in [1.82, 2.24) is 0 Å². The molecule has 1 aliphatic heterocycles. The monoisotopic (exact) mass is 225 g/mol. The molecule has 3 heteroatoms. The summed E-state index contributed by atoms with van der Waals surface area (Å²) in [7, 11) is 0. The predicted molar refractivity (Wildman–Crippen MR) is 66.2 cm³/mol. The van der Waals surface area contributed by atoms with Crippen molar-refractivity contribution in [3.63, 3.8) is 0 Å². The van der Waals surface area contributed by atoms with Crippen LogP contribution in [0, 0.1) is 0 Å². The molecular weight excluding hydrogens is 214 g/mol. The van der Waals surface area contributed by atoms with Gasteiger partial charge in [0, 0.05) is 5.57 Å². The molecule has 2 aromatic rings. The van der Waals surface area contributed by atoms with Crippen molar-refractivity contribution >= 4 is 11.3 Å². The predicted octanol–water partition coefficient (Wildman–Crippen LogP) is 2.87. The summed E-state index contributed by atoms with van der Waals surface area (Å²) in [5.74, 6) is 1.13. The van der Waals surface area contributed by atoms with E-state index in [1.165, 1.54) is 0 Å². The number of aromatic hydroxyl groups is 1. The molecule has 84 valence electrons. The van der Waals surface area contributed by atoms with E-state index in [-0.39, 0.29) is 5.75 Å². The number of phenols is 1. The summed E-state index contributed by atoms with van der Waals surface area (Å²) in [6.45, 7) is 0.643. The molecule has 0 saturated heterocycles. The third kappa shape index (κ3) is 1.87. The van der Waals surface area contributed by atoms with Crippen LogP contribution in [-0.4, -0.2) is 17.4 Å². The molecule has 0 aliphatic carbocycles. The van der Waals surface area contributed by atoms with E-state index in [1.807, 2.05) is 30.3 Å². The van der Waals surface area contributed by atoms with E-state index in [0.717, 1.165) is 22.6 Å². The minimum atomic E-state index is 0.266. The van der Waals surface area contributed by atoms with E-state index < -0.39 is 0 Å². The van der Waals surface area contributed by atoms with Gasteiger partial charge in [0.2, 0.25) is 0 Å². The number of allylic oxidation sites excluding steroid dienone is 1. The van der Waals surface area contributed by atoms with Gasteiger partial charge in [0.15, 0.2) is 0 Å².